The lowest BCUT2D eigenvalue weighted by Crippen LogP contribution is -2.27. The Hall–Kier alpha value is -1.22. The van der Waals surface area contributed by atoms with Crippen LogP contribution < -0.4 is 10.1 Å². The Balaban J connectivity index is 2.37. The summed E-state index contributed by atoms with van der Waals surface area (Å²) >= 11 is 5.74. The van der Waals surface area contributed by atoms with Crippen molar-refractivity contribution in [1.29, 1.82) is 0 Å². The normalized spacial score (nSPS) is 9.73. The van der Waals surface area contributed by atoms with Crippen LogP contribution in [0.2, 0.25) is 5.02 Å². The number of nitrogens with one attached hydrogen (secondary N) is 1. The minimum absolute atomic E-state index is 0.439. The highest BCUT2D eigenvalue weighted by Gasteiger charge is 2.02. The first-order chi connectivity index (χ1) is 7.22. The summed E-state index contributed by atoms with van der Waals surface area (Å²) in [4.78, 5) is 11.2. The molecule has 3 nitrogen and oxygen atoms in total. The average molecular weight is 228 g/mol. The van der Waals surface area contributed by atoms with E-state index in [1.807, 2.05) is 0 Å². The van der Waals surface area contributed by atoms with Gasteiger partial charge in [0, 0.05) is 11.6 Å². The fraction of sp³-hybridized carbons (Fsp3) is 0.364. The van der Waals surface area contributed by atoms with Crippen LogP contribution in [0, 0.1) is 0 Å². The molecule has 0 spiro atoms. The fourth-order valence-corrected chi connectivity index (χ4v) is 1.22. The highest BCUT2D eigenvalue weighted by atomic mass is 35.5. The van der Waals surface area contributed by atoms with Gasteiger partial charge in [-0.1, -0.05) is 31.0 Å². The van der Waals surface area contributed by atoms with Crippen molar-refractivity contribution in [2.75, 3.05) is 6.54 Å². The van der Waals surface area contributed by atoms with E-state index in [4.69, 9.17) is 16.3 Å². The number of rotatable bonds is 4. The molecule has 0 aliphatic heterocycles. The van der Waals surface area contributed by atoms with Gasteiger partial charge in [0.1, 0.15) is 5.75 Å². The molecule has 1 aromatic rings. The molecular weight excluding hydrogens is 214 g/mol. The van der Waals surface area contributed by atoms with E-state index in [0.717, 1.165) is 12.8 Å². The van der Waals surface area contributed by atoms with Crippen molar-refractivity contribution in [3.63, 3.8) is 0 Å². The number of amides is 1. The van der Waals surface area contributed by atoms with Crippen molar-refractivity contribution < 1.29 is 9.53 Å². The molecule has 82 valence electrons. The monoisotopic (exact) mass is 227 g/mol. The number of hydrogen-bond donors (Lipinski definition) is 1. The largest absolute Gasteiger partial charge is 0.412 e. The molecule has 0 atom stereocenters. The Morgan fingerprint density at radius 1 is 1.53 bits per heavy atom. The number of carbonyl (C=O) groups excluding carboxylic acids is 1. The van der Waals surface area contributed by atoms with Crippen molar-refractivity contribution in [2.45, 2.75) is 19.8 Å². The van der Waals surface area contributed by atoms with Gasteiger partial charge in [0.15, 0.2) is 0 Å². The van der Waals surface area contributed by atoms with Gasteiger partial charge in [0.2, 0.25) is 0 Å². The Labute approximate surface area is 94.4 Å². The lowest BCUT2D eigenvalue weighted by molar-refractivity contribution is 0.200. The van der Waals surface area contributed by atoms with E-state index in [-0.39, 0.29) is 0 Å². The second-order valence-corrected chi connectivity index (χ2v) is 3.56. The van der Waals surface area contributed by atoms with E-state index in [1.54, 1.807) is 24.3 Å². The highest BCUT2D eigenvalue weighted by Crippen LogP contribution is 2.16. The van der Waals surface area contributed by atoms with Crippen molar-refractivity contribution >= 4 is 17.7 Å². The van der Waals surface area contributed by atoms with Gasteiger partial charge in [-0.05, 0) is 24.6 Å². The second kappa shape index (κ2) is 6.30. The van der Waals surface area contributed by atoms with Crippen molar-refractivity contribution in [3.8, 4) is 5.75 Å². The Bertz CT molecular complexity index is 328. The molecule has 4 heteroatoms. The maximum Gasteiger partial charge on any atom is 0.412 e. The molecule has 1 amide bonds. The van der Waals surface area contributed by atoms with Crippen LogP contribution in [0.25, 0.3) is 0 Å². The van der Waals surface area contributed by atoms with Gasteiger partial charge in [-0.3, -0.25) is 0 Å². The van der Waals surface area contributed by atoms with Gasteiger partial charge >= 0.3 is 6.09 Å². The van der Waals surface area contributed by atoms with E-state index < -0.39 is 6.09 Å². The molecule has 1 aromatic carbocycles. The van der Waals surface area contributed by atoms with E-state index in [0.29, 0.717) is 17.3 Å². The number of benzene rings is 1. The minimum atomic E-state index is -0.439. The fourth-order valence-electron chi connectivity index (χ4n) is 1.04. The standard InChI is InChI=1S/C11H14ClNO2/c1-2-3-7-13-11(14)15-10-6-4-5-9(12)8-10/h4-6,8H,2-3,7H2,1H3,(H,13,14). The van der Waals surface area contributed by atoms with Crippen LogP contribution in [0.5, 0.6) is 5.75 Å². The maximum atomic E-state index is 11.2. The molecule has 15 heavy (non-hydrogen) atoms. The highest BCUT2D eigenvalue weighted by molar-refractivity contribution is 6.30. The molecule has 0 radical (unpaired) electrons. The molecule has 0 aromatic heterocycles. The molecule has 0 aliphatic rings. The first kappa shape index (κ1) is 11.9. The van der Waals surface area contributed by atoms with Gasteiger partial charge in [-0.15, -0.1) is 0 Å². The molecule has 0 saturated carbocycles. The maximum absolute atomic E-state index is 11.2. The Morgan fingerprint density at radius 2 is 2.33 bits per heavy atom. The number of unbranched alkanes of at least 4 members (excludes halogenated alkanes) is 1. The van der Waals surface area contributed by atoms with Crippen LogP contribution in [0.3, 0.4) is 0 Å². The molecule has 0 unspecified atom stereocenters. The number of ether oxygens (including phenoxy) is 1. The summed E-state index contributed by atoms with van der Waals surface area (Å²) in [5, 5.41) is 3.20. The third-order valence-corrected chi connectivity index (χ3v) is 2.04. The lowest BCUT2D eigenvalue weighted by atomic mass is 10.3. The van der Waals surface area contributed by atoms with E-state index in [2.05, 4.69) is 12.2 Å². The lowest BCUT2D eigenvalue weighted by Gasteiger charge is -2.05. The summed E-state index contributed by atoms with van der Waals surface area (Å²) < 4.78 is 5.01. The zero-order valence-corrected chi connectivity index (χ0v) is 9.38. The van der Waals surface area contributed by atoms with Crippen molar-refractivity contribution in [1.82, 2.24) is 5.32 Å². The van der Waals surface area contributed by atoms with Crippen LogP contribution in [-0.4, -0.2) is 12.6 Å². The predicted octanol–water partition coefficient (Wildman–Crippen LogP) is 3.23. The Kier molecular flexibility index (Phi) is 4.98. The summed E-state index contributed by atoms with van der Waals surface area (Å²) in [5.41, 5.74) is 0. The number of halogens is 1. The predicted molar refractivity (Wildman–Crippen MR) is 60.4 cm³/mol. The molecule has 1 N–H and O–H groups in total. The van der Waals surface area contributed by atoms with Gasteiger partial charge in [0.25, 0.3) is 0 Å². The van der Waals surface area contributed by atoms with Crippen molar-refractivity contribution in [2.24, 2.45) is 0 Å². The quantitative estimate of drug-likeness (QED) is 0.802. The molecule has 0 heterocycles. The van der Waals surface area contributed by atoms with Crippen LogP contribution in [0.1, 0.15) is 19.8 Å². The summed E-state index contributed by atoms with van der Waals surface area (Å²) in [7, 11) is 0. The first-order valence-electron chi connectivity index (χ1n) is 4.93. The van der Waals surface area contributed by atoms with Crippen LogP contribution in [0.4, 0.5) is 4.79 Å². The summed E-state index contributed by atoms with van der Waals surface area (Å²) in [5.74, 6) is 0.455. The van der Waals surface area contributed by atoms with Gasteiger partial charge in [0.05, 0.1) is 0 Å². The van der Waals surface area contributed by atoms with Crippen LogP contribution in [0.15, 0.2) is 24.3 Å². The van der Waals surface area contributed by atoms with Crippen LogP contribution >= 0.6 is 11.6 Å². The van der Waals surface area contributed by atoms with E-state index in [1.165, 1.54) is 0 Å². The van der Waals surface area contributed by atoms with Gasteiger partial charge in [-0.2, -0.15) is 0 Å². The zero-order valence-electron chi connectivity index (χ0n) is 8.63. The molecule has 0 aliphatic carbocycles. The van der Waals surface area contributed by atoms with Gasteiger partial charge in [-0.25, -0.2) is 4.79 Å². The first-order valence-corrected chi connectivity index (χ1v) is 5.31. The number of hydrogen-bond acceptors (Lipinski definition) is 2. The zero-order chi connectivity index (χ0) is 11.1. The van der Waals surface area contributed by atoms with E-state index >= 15 is 0 Å². The molecule has 1 rings (SSSR count). The molecule has 0 bridgehead atoms. The smallest absolute Gasteiger partial charge is 0.410 e. The minimum Gasteiger partial charge on any atom is -0.410 e. The third-order valence-electron chi connectivity index (χ3n) is 1.81. The summed E-state index contributed by atoms with van der Waals surface area (Å²) in [6.07, 6.45) is 1.55. The molecular formula is C11H14ClNO2. The summed E-state index contributed by atoms with van der Waals surface area (Å²) in [6, 6.07) is 6.74. The Morgan fingerprint density at radius 3 is 3.00 bits per heavy atom. The SMILES string of the molecule is CCCCNC(=O)Oc1cccc(Cl)c1. The average Bonchev–Trinajstić information content (AvgIpc) is 2.18. The topological polar surface area (TPSA) is 38.3 Å². The second-order valence-electron chi connectivity index (χ2n) is 3.13. The van der Waals surface area contributed by atoms with Crippen molar-refractivity contribution in [3.05, 3.63) is 29.3 Å². The third kappa shape index (κ3) is 4.70. The molecule has 0 fully saturated rings. The molecule has 0 saturated heterocycles. The van der Waals surface area contributed by atoms with E-state index in [9.17, 15) is 4.79 Å². The van der Waals surface area contributed by atoms with Crippen LogP contribution in [-0.2, 0) is 0 Å². The number of carbonyl (C=O) groups is 1. The summed E-state index contributed by atoms with van der Waals surface area (Å²) in [6.45, 7) is 2.69. The van der Waals surface area contributed by atoms with Gasteiger partial charge < -0.3 is 10.1 Å².